The monoisotopic (exact) mass is 559 g/mol. The molecule has 0 saturated carbocycles. The third-order valence-corrected chi connectivity index (χ3v) is 7.58. The Morgan fingerprint density at radius 1 is 1.10 bits per heavy atom. The zero-order chi connectivity index (χ0) is 28.9. The predicted octanol–water partition coefficient (Wildman–Crippen LogP) is 1.38. The molecule has 0 bridgehead atoms. The van der Waals surface area contributed by atoms with Crippen molar-refractivity contribution in [1.29, 1.82) is 0 Å². The number of fused-ring (bicyclic) bond motifs is 2. The SMILES string of the molecule is CCC(O[C@@H]1[C@H](O)[C@@H](CO)O[C@H]1[N+]1(C(=O)c2ccccc2)C=Nc2c(N)ncnc21)N1C(=O)c2ccccc2C1=O. The van der Waals surface area contributed by atoms with E-state index >= 15 is 0 Å². The molecule has 1 aromatic heterocycles. The highest BCUT2D eigenvalue weighted by molar-refractivity contribution is 6.21. The maximum atomic E-state index is 14.3. The molecule has 3 aromatic rings. The fourth-order valence-electron chi connectivity index (χ4n) is 5.56. The molecule has 4 N–H and O–H groups in total. The normalized spacial score (nSPS) is 27.2. The predicted molar refractivity (Wildman–Crippen MR) is 145 cm³/mol. The topological polar surface area (TPSA) is 178 Å². The molecule has 210 valence electrons. The minimum atomic E-state index is -1.45. The van der Waals surface area contributed by atoms with E-state index in [1.807, 2.05) is 0 Å². The van der Waals surface area contributed by atoms with Gasteiger partial charge in [-0.25, -0.2) is 14.7 Å². The molecule has 13 nitrogen and oxygen atoms in total. The van der Waals surface area contributed by atoms with Crippen LogP contribution in [0.5, 0.6) is 0 Å². The smallest absolute Gasteiger partial charge is 0.360 e. The summed E-state index contributed by atoms with van der Waals surface area (Å²) in [4.78, 5) is 54.5. The van der Waals surface area contributed by atoms with Gasteiger partial charge in [-0.2, -0.15) is 9.98 Å². The Bertz CT molecular complexity index is 1530. The lowest BCUT2D eigenvalue weighted by atomic mass is 10.1. The van der Waals surface area contributed by atoms with Gasteiger partial charge in [-0.05, 0) is 30.7 Å². The van der Waals surface area contributed by atoms with Crippen molar-refractivity contribution in [2.45, 2.75) is 44.1 Å². The van der Waals surface area contributed by atoms with E-state index in [2.05, 4.69) is 15.0 Å². The Morgan fingerprint density at radius 3 is 2.39 bits per heavy atom. The van der Waals surface area contributed by atoms with Gasteiger partial charge in [0, 0.05) is 0 Å². The summed E-state index contributed by atoms with van der Waals surface area (Å²) in [6.45, 7) is 1.12. The van der Waals surface area contributed by atoms with Crippen LogP contribution in [0.3, 0.4) is 0 Å². The second-order valence-electron chi connectivity index (χ2n) is 9.85. The van der Waals surface area contributed by atoms with Crippen LogP contribution in [0.15, 0.2) is 65.9 Å². The number of aliphatic hydroxyl groups is 2. The molecule has 4 heterocycles. The molecule has 1 fully saturated rings. The number of amides is 3. The van der Waals surface area contributed by atoms with Crippen LogP contribution in [0.2, 0.25) is 0 Å². The van der Waals surface area contributed by atoms with Gasteiger partial charge in [-0.1, -0.05) is 37.3 Å². The number of carbonyl (C=O) groups excluding carboxylic acids is 3. The van der Waals surface area contributed by atoms with E-state index in [0.717, 1.165) is 4.90 Å². The number of rotatable bonds is 7. The second kappa shape index (κ2) is 10.2. The van der Waals surface area contributed by atoms with Crippen molar-refractivity contribution in [1.82, 2.24) is 19.4 Å². The number of carbonyl (C=O) groups is 3. The fourth-order valence-corrected chi connectivity index (χ4v) is 5.56. The van der Waals surface area contributed by atoms with Crippen molar-refractivity contribution in [3.63, 3.8) is 0 Å². The highest BCUT2D eigenvalue weighted by Crippen LogP contribution is 2.46. The number of benzene rings is 2. The highest BCUT2D eigenvalue weighted by Gasteiger charge is 2.63. The summed E-state index contributed by atoms with van der Waals surface area (Å²) in [6.07, 6.45) is -3.79. The lowest BCUT2D eigenvalue weighted by molar-refractivity contribution is -0.132. The molecular formula is C28H27N6O7+. The molecule has 3 amide bonds. The minimum absolute atomic E-state index is 0.0271. The Kier molecular flexibility index (Phi) is 6.68. The van der Waals surface area contributed by atoms with Crippen molar-refractivity contribution in [3.8, 4) is 0 Å². The van der Waals surface area contributed by atoms with E-state index in [0.29, 0.717) is 0 Å². The lowest BCUT2D eigenvalue weighted by Crippen LogP contribution is -2.64. The first-order chi connectivity index (χ1) is 19.8. The van der Waals surface area contributed by atoms with Crippen LogP contribution in [-0.2, 0) is 9.47 Å². The number of aliphatic hydroxyl groups excluding tert-OH is 2. The number of nitrogens with two attached hydrogens (primary N) is 1. The molecule has 1 saturated heterocycles. The van der Waals surface area contributed by atoms with Gasteiger partial charge < -0.3 is 25.4 Å². The van der Waals surface area contributed by atoms with E-state index in [1.165, 1.54) is 12.7 Å². The molecule has 41 heavy (non-hydrogen) atoms. The van der Waals surface area contributed by atoms with Gasteiger partial charge >= 0.3 is 5.91 Å². The van der Waals surface area contributed by atoms with Crippen molar-refractivity contribution in [2.24, 2.45) is 4.99 Å². The summed E-state index contributed by atoms with van der Waals surface area (Å²) in [5.41, 5.74) is 6.98. The fraction of sp³-hybridized carbons (Fsp3) is 0.286. The van der Waals surface area contributed by atoms with Crippen LogP contribution in [0.4, 0.5) is 17.3 Å². The van der Waals surface area contributed by atoms with Gasteiger partial charge in [-0.3, -0.25) is 9.59 Å². The molecular weight excluding hydrogens is 532 g/mol. The number of aromatic nitrogens is 2. The molecule has 6 atom stereocenters. The summed E-state index contributed by atoms with van der Waals surface area (Å²) >= 11 is 0. The van der Waals surface area contributed by atoms with E-state index in [4.69, 9.17) is 15.2 Å². The average molecular weight is 560 g/mol. The summed E-state index contributed by atoms with van der Waals surface area (Å²) in [5.74, 6) is -1.49. The second-order valence-corrected chi connectivity index (χ2v) is 9.85. The Hall–Kier alpha value is -4.40. The van der Waals surface area contributed by atoms with Gasteiger partial charge in [0.2, 0.25) is 12.6 Å². The van der Waals surface area contributed by atoms with Gasteiger partial charge in [0.15, 0.2) is 17.6 Å². The van der Waals surface area contributed by atoms with Gasteiger partial charge in [0.1, 0.15) is 24.8 Å². The number of ether oxygens (including phenoxy) is 2. The van der Waals surface area contributed by atoms with Crippen LogP contribution < -0.4 is 10.2 Å². The number of aliphatic imine (C=N–C) groups is 1. The third kappa shape index (κ3) is 3.97. The third-order valence-electron chi connectivity index (χ3n) is 7.58. The number of anilines is 1. The molecule has 0 aliphatic carbocycles. The summed E-state index contributed by atoms with van der Waals surface area (Å²) < 4.78 is 11.7. The van der Waals surface area contributed by atoms with Gasteiger partial charge in [0.25, 0.3) is 17.6 Å². The van der Waals surface area contributed by atoms with Gasteiger partial charge in [-0.15, -0.1) is 4.48 Å². The number of nitrogen functional groups attached to an aromatic ring is 1. The van der Waals surface area contributed by atoms with Crippen LogP contribution in [0, 0.1) is 0 Å². The number of hydrogen-bond donors (Lipinski definition) is 3. The molecule has 0 spiro atoms. The number of hydrogen-bond acceptors (Lipinski definition) is 11. The maximum absolute atomic E-state index is 14.3. The van der Waals surface area contributed by atoms with E-state index in [-0.39, 0.29) is 40.4 Å². The summed E-state index contributed by atoms with van der Waals surface area (Å²) in [5, 5.41) is 21.4. The minimum Gasteiger partial charge on any atom is -0.394 e. The first kappa shape index (κ1) is 26.8. The summed E-state index contributed by atoms with van der Waals surface area (Å²) in [7, 11) is 0. The van der Waals surface area contributed by atoms with E-state index in [1.54, 1.807) is 61.5 Å². The first-order valence-electron chi connectivity index (χ1n) is 13.0. The maximum Gasteiger partial charge on any atom is 0.360 e. The molecule has 0 radical (unpaired) electrons. The largest absolute Gasteiger partial charge is 0.394 e. The van der Waals surface area contributed by atoms with E-state index in [9.17, 15) is 24.6 Å². The van der Waals surface area contributed by atoms with Gasteiger partial charge in [0.05, 0.1) is 23.3 Å². The number of quaternary nitrogens is 1. The van der Waals surface area contributed by atoms with Crippen molar-refractivity contribution < 1.29 is 34.1 Å². The first-order valence-corrected chi connectivity index (χ1v) is 13.0. The van der Waals surface area contributed by atoms with Crippen LogP contribution in [0.25, 0.3) is 0 Å². The standard InChI is InChI=1S/C28H27N6O7/c1-2-19(33-25(37)16-10-6-7-11-17(16)26(33)38)41-22-21(36)18(12-35)40-28(22)34(27(39)15-8-4-3-5-9-15)14-32-20-23(29)30-13-31-24(20)34/h3-11,13-14,18-19,21-22,28,35-36H,2,12H2,1H3,(H2,29,30,31)/q+1/t18-,19?,21-,22-,28-,34?/m1/s1. The highest BCUT2D eigenvalue weighted by atomic mass is 16.6. The number of nitrogens with zero attached hydrogens (tertiary/aromatic N) is 5. The molecule has 3 aliphatic rings. The van der Waals surface area contributed by atoms with Crippen molar-refractivity contribution in [2.75, 3.05) is 12.3 Å². The Morgan fingerprint density at radius 2 is 1.76 bits per heavy atom. The molecule has 13 heteroatoms. The van der Waals surface area contributed by atoms with E-state index < -0.39 is 59.6 Å². The Labute approximate surface area is 234 Å². The molecule has 6 rings (SSSR count). The summed E-state index contributed by atoms with van der Waals surface area (Å²) in [6, 6.07) is 14.8. The van der Waals surface area contributed by atoms with Crippen LogP contribution in [0.1, 0.15) is 44.4 Å². The van der Waals surface area contributed by atoms with Crippen molar-refractivity contribution in [3.05, 3.63) is 77.6 Å². The van der Waals surface area contributed by atoms with Crippen LogP contribution in [-0.4, -0.2) is 86.5 Å². The lowest BCUT2D eigenvalue weighted by Gasteiger charge is -2.36. The quantitative estimate of drug-likeness (QED) is 0.283. The van der Waals surface area contributed by atoms with Crippen LogP contribution >= 0.6 is 0 Å². The number of imide groups is 1. The average Bonchev–Trinajstić information content (AvgIpc) is 3.63. The Balaban J connectivity index is 1.44. The molecule has 2 unspecified atom stereocenters. The van der Waals surface area contributed by atoms with Crippen molar-refractivity contribution >= 4 is 41.4 Å². The molecule has 3 aliphatic heterocycles. The molecule has 2 aromatic carbocycles. The zero-order valence-electron chi connectivity index (χ0n) is 21.9. The zero-order valence-corrected chi connectivity index (χ0v) is 21.9.